The highest BCUT2D eigenvalue weighted by molar-refractivity contribution is 6.34. The van der Waals surface area contributed by atoms with Crippen LogP contribution >= 0.6 is 0 Å². The molecule has 1 aliphatic heterocycles. The van der Waals surface area contributed by atoms with Crippen LogP contribution in [0.15, 0.2) is 66.7 Å². The summed E-state index contributed by atoms with van der Waals surface area (Å²) >= 11 is 0. The lowest BCUT2D eigenvalue weighted by Gasteiger charge is -2.21. The molecule has 148 valence electrons. The molecule has 6 heteroatoms. The van der Waals surface area contributed by atoms with Crippen LogP contribution in [-0.4, -0.2) is 55.6 Å². The number of hydrogen-bond acceptors (Lipinski definition) is 5. The molecule has 1 heterocycles. The van der Waals surface area contributed by atoms with Gasteiger partial charge in [0.1, 0.15) is 5.75 Å². The number of nitrogens with zero attached hydrogens (tertiary/aromatic N) is 1. The van der Waals surface area contributed by atoms with Gasteiger partial charge in [0.25, 0.3) is 0 Å². The van der Waals surface area contributed by atoms with Gasteiger partial charge in [-0.25, -0.2) is 0 Å². The first kappa shape index (κ1) is 19.7. The van der Waals surface area contributed by atoms with Gasteiger partial charge in [0.05, 0.1) is 13.2 Å². The Bertz CT molecular complexity index is 1130. The van der Waals surface area contributed by atoms with E-state index in [-0.39, 0.29) is 0 Å². The zero-order valence-corrected chi connectivity index (χ0v) is 16.4. The molecule has 2 N–H and O–H groups in total. The van der Waals surface area contributed by atoms with E-state index < -0.39 is 7.32 Å². The fraction of sp³-hybridized carbons (Fsp3) is 0.217. The summed E-state index contributed by atoms with van der Waals surface area (Å²) in [5.74, 6) is 0.466. The highest BCUT2D eigenvalue weighted by Crippen LogP contribution is 2.35. The Morgan fingerprint density at radius 2 is 1.48 bits per heavy atom. The molecule has 5 rings (SSSR count). The summed E-state index contributed by atoms with van der Waals surface area (Å²) in [5.41, 5.74) is 0. The van der Waals surface area contributed by atoms with Crippen LogP contribution in [0.1, 0.15) is 0 Å². The quantitative estimate of drug-likeness (QED) is 0.313. The Balaban J connectivity index is 0.000000249. The minimum absolute atomic E-state index is 0.466. The van der Waals surface area contributed by atoms with E-state index in [0.29, 0.717) is 5.75 Å². The Hall–Kier alpha value is -2.64. The Morgan fingerprint density at radius 3 is 2.14 bits per heavy atom. The predicted octanol–water partition coefficient (Wildman–Crippen LogP) is 3.44. The topological polar surface area (TPSA) is 62.2 Å². The second-order valence-electron chi connectivity index (χ2n) is 7.20. The second-order valence-corrected chi connectivity index (χ2v) is 7.20. The van der Waals surface area contributed by atoms with Crippen LogP contribution < -0.4 is 4.65 Å². The minimum Gasteiger partial charge on any atom is -0.511 e. The van der Waals surface area contributed by atoms with Crippen LogP contribution in [0.4, 0.5) is 0 Å². The van der Waals surface area contributed by atoms with E-state index in [9.17, 15) is 0 Å². The molecular weight excluding hydrogens is 365 g/mol. The molecule has 29 heavy (non-hydrogen) atoms. The van der Waals surface area contributed by atoms with Crippen LogP contribution in [-0.2, 0) is 4.74 Å². The molecule has 1 saturated heterocycles. The van der Waals surface area contributed by atoms with Crippen molar-refractivity contribution in [2.24, 2.45) is 0 Å². The Kier molecular flexibility index (Phi) is 5.97. The Labute approximate surface area is 170 Å². The molecule has 1 fully saturated rings. The summed E-state index contributed by atoms with van der Waals surface area (Å²) in [7, 11) is 0.281. The molecule has 0 unspecified atom stereocenters. The van der Waals surface area contributed by atoms with Crippen molar-refractivity contribution in [1.29, 1.82) is 0 Å². The molecule has 1 aliphatic rings. The largest absolute Gasteiger partial charge is 0.707 e. The molecule has 0 aromatic heterocycles. The normalized spacial score (nSPS) is 14.6. The van der Waals surface area contributed by atoms with Crippen LogP contribution in [0, 0.1) is 0 Å². The van der Waals surface area contributed by atoms with Gasteiger partial charge in [-0.05, 0) is 52.2 Å². The first-order valence-electron chi connectivity index (χ1n) is 9.75. The van der Waals surface area contributed by atoms with E-state index in [1.165, 1.54) is 5.39 Å². The molecule has 0 saturated carbocycles. The minimum atomic E-state index is -1.83. The number of hydrogen-bond donors (Lipinski definition) is 2. The number of rotatable bonds is 2. The van der Waals surface area contributed by atoms with Gasteiger partial charge >= 0.3 is 7.32 Å². The van der Waals surface area contributed by atoms with E-state index in [4.69, 9.17) is 19.4 Å². The van der Waals surface area contributed by atoms with E-state index in [2.05, 4.69) is 42.3 Å². The third-order valence-corrected chi connectivity index (χ3v) is 5.16. The maximum atomic E-state index is 9.14. The maximum absolute atomic E-state index is 9.14. The van der Waals surface area contributed by atoms with Gasteiger partial charge in [-0.3, -0.25) is 0 Å². The van der Waals surface area contributed by atoms with Crippen molar-refractivity contribution in [3.05, 3.63) is 66.7 Å². The smallest absolute Gasteiger partial charge is 0.511 e. The van der Waals surface area contributed by atoms with Gasteiger partial charge < -0.3 is 24.3 Å². The molecular formula is C23H24BNO4. The fourth-order valence-electron chi connectivity index (χ4n) is 3.63. The standard InChI is InChI=1S/C18H13BO3.C5H11NO/c20-19(21)22-17-7-3-6-12-8-9-15-10-13-4-1-2-5-14(13)11-16(15)18(12)17;1-6-2-4-7-5-3-6/h1-11,20-21H;2-5H2,1H3. The van der Waals surface area contributed by atoms with Gasteiger partial charge in [0.2, 0.25) is 0 Å². The van der Waals surface area contributed by atoms with Gasteiger partial charge in [-0.1, -0.05) is 48.5 Å². The van der Waals surface area contributed by atoms with Crippen molar-refractivity contribution in [2.45, 2.75) is 0 Å². The average molecular weight is 389 g/mol. The van der Waals surface area contributed by atoms with Crippen molar-refractivity contribution < 1.29 is 19.4 Å². The third kappa shape index (κ3) is 4.52. The summed E-state index contributed by atoms with van der Waals surface area (Å²) < 4.78 is 10.3. The Morgan fingerprint density at radius 1 is 0.828 bits per heavy atom. The summed E-state index contributed by atoms with van der Waals surface area (Å²) in [6.45, 7) is 4.02. The van der Waals surface area contributed by atoms with Gasteiger partial charge in [0, 0.05) is 18.5 Å². The number of likely N-dealkylation sites (N-methyl/N-ethyl adjacent to an activating group) is 1. The van der Waals surface area contributed by atoms with Crippen molar-refractivity contribution >= 4 is 39.6 Å². The molecule has 4 aromatic rings. The molecule has 0 bridgehead atoms. The van der Waals surface area contributed by atoms with E-state index in [1.807, 2.05) is 30.3 Å². The summed E-state index contributed by atoms with van der Waals surface area (Å²) in [4.78, 5) is 2.27. The fourth-order valence-corrected chi connectivity index (χ4v) is 3.63. The van der Waals surface area contributed by atoms with Crippen molar-refractivity contribution in [3.63, 3.8) is 0 Å². The zero-order valence-electron chi connectivity index (χ0n) is 16.4. The van der Waals surface area contributed by atoms with Gasteiger partial charge in [0.15, 0.2) is 0 Å². The molecule has 4 aromatic carbocycles. The zero-order chi connectivity index (χ0) is 20.2. The lowest BCUT2D eigenvalue weighted by atomic mass is 9.97. The summed E-state index contributed by atoms with van der Waals surface area (Å²) in [6, 6.07) is 22.1. The number of morpholine rings is 1. The lowest BCUT2D eigenvalue weighted by molar-refractivity contribution is 0.0503. The maximum Gasteiger partial charge on any atom is 0.707 e. The SMILES string of the molecule is CN1CCOCC1.OB(O)Oc1cccc2ccc3cc4ccccc4cc3c12. The van der Waals surface area contributed by atoms with Crippen LogP contribution in [0.3, 0.4) is 0 Å². The second kappa shape index (κ2) is 8.80. The molecule has 0 amide bonds. The van der Waals surface area contributed by atoms with Crippen LogP contribution in [0.2, 0.25) is 0 Å². The first-order chi connectivity index (χ1) is 14.1. The molecule has 5 nitrogen and oxygen atoms in total. The van der Waals surface area contributed by atoms with Crippen LogP contribution in [0.5, 0.6) is 5.75 Å². The third-order valence-electron chi connectivity index (χ3n) is 5.16. The van der Waals surface area contributed by atoms with Gasteiger partial charge in [-0.2, -0.15) is 0 Å². The number of ether oxygens (including phenoxy) is 1. The molecule has 0 aliphatic carbocycles. The van der Waals surface area contributed by atoms with Crippen molar-refractivity contribution in [2.75, 3.05) is 33.4 Å². The predicted molar refractivity (Wildman–Crippen MR) is 118 cm³/mol. The average Bonchev–Trinajstić information content (AvgIpc) is 2.73. The highest BCUT2D eigenvalue weighted by Gasteiger charge is 2.15. The number of benzene rings is 4. The van der Waals surface area contributed by atoms with Crippen molar-refractivity contribution in [3.8, 4) is 5.75 Å². The summed E-state index contributed by atoms with van der Waals surface area (Å²) in [6.07, 6.45) is 0. The first-order valence-corrected chi connectivity index (χ1v) is 9.75. The van der Waals surface area contributed by atoms with E-state index in [1.54, 1.807) is 6.07 Å². The van der Waals surface area contributed by atoms with E-state index >= 15 is 0 Å². The summed E-state index contributed by atoms with van der Waals surface area (Å²) in [5, 5.41) is 24.6. The molecule has 0 atom stereocenters. The number of fused-ring (bicyclic) bond motifs is 4. The highest BCUT2D eigenvalue weighted by atomic mass is 16.6. The van der Waals surface area contributed by atoms with Crippen LogP contribution in [0.25, 0.3) is 32.3 Å². The molecule has 0 spiro atoms. The molecule has 0 radical (unpaired) electrons. The lowest BCUT2D eigenvalue weighted by Crippen LogP contribution is -2.32. The van der Waals surface area contributed by atoms with E-state index in [0.717, 1.165) is 53.2 Å². The monoisotopic (exact) mass is 389 g/mol. The van der Waals surface area contributed by atoms with Gasteiger partial charge in [-0.15, -0.1) is 0 Å². The van der Waals surface area contributed by atoms with Crippen molar-refractivity contribution in [1.82, 2.24) is 4.90 Å².